The van der Waals surface area contributed by atoms with E-state index >= 15 is 0 Å². The topological polar surface area (TPSA) is 104 Å². The quantitative estimate of drug-likeness (QED) is 0.350. The van der Waals surface area contributed by atoms with Crippen LogP contribution in [0, 0.1) is 5.82 Å². The Labute approximate surface area is 205 Å². The van der Waals surface area contributed by atoms with Crippen molar-refractivity contribution in [3.8, 4) is 11.5 Å². The summed E-state index contributed by atoms with van der Waals surface area (Å²) in [5, 5.41) is 7.68. The fraction of sp³-hybridized carbons (Fsp3) is 0.240. The largest absolute Gasteiger partial charge is 0.593 e. The fourth-order valence-corrected chi connectivity index (χ4v) is 3.89. The van der Waals surface area contributed by atoms with Crippen molar-refractivity contribution in [2.75, 3.05) is 16.3 Å². The maximum Gasteiger partial charge on any atom is 0.228 e. The van der Waals surface area contributed by atoms with E-state index in [1.165, 1.54) is 18.4 Å². The zero-order valence-corrected chi connectivity index (χ0v) is 20.6. The lowest BCUT2D eigenvalue weighted by Gasteiger charge is -2.18. The molecule has 10 heteroatoms. The normalized spacial score (nSPS) is 12.4. The zero-order valence-electron chi connectivity index (χ0n) is 19.8. The molecule has 0 fully saturated rings. The Kier molecular flexibility index (Phi) is 6.95. The number of carbonyl (C=O) groups excluding carboxylic acids is 1. The molecule has 1 unspecified atom stereocenters. The number of nitrogens with one attached hydrogen (secondary N) is 2. The van der Waals surface area contributed by atoms with Gasteiger partial charge >= 0.3 is 0 Å². The molecule has 0 saturated carbocycles. The molecule has 35 heavy (non-hydrogen) atoms. The van der Waals surface area contributed by atoms with Crippen LogP contribution in [-0.2, 0) is 28.1 Å². The van der Waals surface area contributed by atoms with Crippen molar-refractivity contribution in [2.45, 2.75) is 32.7 Å². The maximum absolute atomic E-state index is 14.8. The van der Waals surface area contributed by atoms with E-state index in [-0.39, 0.29) is 29.2 Å². The molecule has 0 radical (unpaired) electrons. The standard InChI is InChI=1S/C25H26FN5O3S/c1-25(2,3)31-15-18(14-28-31)29-24(32)11-16-5-7-19(13-21(16)26)34-23-9-10-27-22-8-6-17(12-20(22)23)30-35(4)33/h5-10,12-15,30H,11H2,1-4H3,(H,29,32). The van der Waals surface area contributed by atoms with Crippen LogP contribution < -0.4 is 14.8 Å². The number of rotatable bonds is 7. The third-order valence-corrected chi connectivity index (χ3v) is 5.64. The van der Waals surface area contributed by atoms with Crippen LogP contribution in [-0.4, -0.2) is 31.5 Å². The van der Waals surface area contributed by atoms with Crippen LogP contribution in [0.4, 0.5) is 15.8 Å². The first-order valence-electron chi connectivity index (χ1n) is 10.9. The number of aromatic nitrogens is 3. The van der Waals surface area contributed by atoms with Crippen molar-refractivity contribution in [3.05, 3.63) is 72.4 Å². The van der Waals surface area contributed by atoms with Crippen molar-refractivity contribution in [1.29, 1.82) is 0 Å². The van der Waals surface area contributed by atoms with Crippen molar-refractivity contribution in [1.82, 2.24) is 14.8 Å². The Morgan fingerprint density at radius 2 is 1.97 bits per heavy atom. The van der Waals surface area contributed by atoms with Crippen LogP contribution >= 0.6 is 0 Å². The molecule has 0 aliphatic rings. The summed E-state index contributed by atoms with van der Waals surface area (Å²) in [6, 6.07) is 11.4. The summed E-state index contributed by atoms with van der Waals surface area (Å²) in [5.74, 6) is -0.144. The van der Waals surface area contributed by atoms with Crippen LogP contribution in [0.5, 0.6) is 11.5 Å². The molecular weight excluding hydrogens is 469 g/mol. The number of anilines is 2. The zero-order chi connectivity index (χ0) is 25.2. The highest BCUT2D eigenvalue weighted by molar-refractivity contribution is 7.92. The Hall–Kier alpha value is -3.63. The third kappa shape index (κ3) is 6.09. The lowest BCUT2D eigenvalue weighted by molar-refractivity contribution is -0.115. The van der Waals surface area contributed by atoms with Crippen molar-refractivity contribution in [3.63, 3.8) is 0 Å². The average molecular weight is 496 g/mol. The molecule has 1 atom stereocenters. The van der Waals surface area contributed by atoms with Crippen molar-refractivity contribution < 1.29 is 18.5 Å². The minimum atomic E-state index is -1.23. The predicted octanol–water partition coefficient (Wildman–Crippen LogP) is 5.00. The first-order valence-corrected chi connectivity index (χ1v) is 12.4. The minimum absolute atomic E-state index is 0.131. The Bertz CT molecular complexity index is 1370. The second-order valence-corrected chi connectivity index (χ2v) is 10.1. The molecule has 4 aromatic rings. The van der Waals surface area contributed by atoms with Gasteiger partial charge in [-0.2, -0.15) is 5.10 Å². The van der Waals surface area contributed by atoms with E-state index in [1.54, 1.807) is 53.6 Å². The van der Waals surface area contributed by atoms with Gasteiger partial charge in [-0.05, 0) is 56.7 Å². The molecule has 0 spiro atoms. The molecule has 1 amide bonds. The molecule has 2 aromatic carbocycles. The van der Waals surface area contributed by atoms with Gasteiger partial charge in [-0.15, -0.1) is 0 Å². The predicted molar refractivity (Wildman–Crippen MR) is 135 cm³/mol. The second kappa shape index (κ2) is 9.93. The summed E-state index contributed by atoms with van der Waals surface area (Å²) in [4.78, 5) is 16.8. The number of nitrogens with zero attached hydrogens (tertiary/aromatic N) is 3. The van der Waals surface area contributed by atoms with Crippen molar-refractivity contribution in [2.24, 2.45) is 0 Å². The number of benzene rings is 2. The molecule has 0 aliphatic carbocycles. The fourth-order valence-electron chi connectivity index (χ4n) is 3.43. The van der Waals surface area contributed by atoms with Crippen LogP contribution in [0.3, 0.4) is 0 Å². The first kappa shape index (κ1) is 24.5. The van der Waals surface area contributed by atoms with Gasteiger partial charge in [-0.3, -0.25) is 14.5 Å². The van der Waals surface area contributed by atoms with E-state index in [1.807, 2.05) is 20.8 Å². The number of halogens is 1. The van der Waals surface area contributed by atoms with Crippen LogP contribution in [0.15, 0.2) is 61.1 Å². The SMILES string of the molecule is C[S+]([O-])Nc1ccc2nccc(Oc3ccc(CC(=O)Nc4cnn(C(C)(C)C)c4)c(F)c3)c2c1. The van der Waals surface area contributed by atoms with Gasteiger partial charge in [0.2, 0.25) is 5.91 Å². The lowest BCUT2D eigenvalue weighted by Crippen LogP contribution is -2.22. The molecule has 2 heterocycles. The molecule has 182 valence electrons. The van der Waals surface area contributed by atoms with Gasteiger partial charge in [0.15, 0.2) is 0 Å². The number of pyridine rings is 1. The van der Waals surface area contributed by atoms with Crippen LogP contribution in [0.25, 0.3) is 10.9 Å². The Balaban J connectivity index is 1.47. The highest BCUT2D eigenvalue weighted by Gasteiger charge is 2.16. The molecule has 2 N–H and O–H groups in total. The van der Waals surface area contributed by atoms with E-state index in [0.717, 1.165) is 0 Å². The Morgan fingerprint density at radius 1 is 1.17 bits per heavy atom. The Morgan fingerprint density at radius 3 is 2.66 bits per heavy atom. The van der Waals surface area contributed by atoms with Gasteiger partial charge in [0.05, 0.1) is 46.4 Å². The molecule has 0 bridgehead atoms. The van der Waals surface area contributed by atoms with E-state index < -0.39 is 17.2 Å². The first-order chi connectivity index (χ1) is 16.6. The number of fused-ring (bicyclic) bond motifs is 1. The molecule has 2 aromatic heterocycles. The van der Waals surface area contributed by atoms with E-state index in [2.05, 4.69) is 20.1 Å². The van der Waals surface area contributed by atoms with Gasteiger partial charge in [0, 0.05) is 23.8 Å². The number of hydrogen-bond acceptors (Lipinski definition) is 6. The van der Waals surface area contributed by atoms with Crippen LogP contribution in [0.1, 0.15) is 26.3 Å². The lowest BCUT2D eigenvalue weighted by atomic mass is 10.1. The minimum Gasteiger partial charge on any atom is -0.593 e. The van der Waals surface area contributed by atoms with E-state index in [4.69, 9.17) is 4.74 Å². The second-order valence-electron chi connectivity index (χ2n) is 9.02. The van der Waals surface area contributed by atoms with Gasteiger partial charge in [-0.25, -0.2) is 9.11 Å². The van der Waals surface area contributed by atoms with E-state index in [0.29, 0.717) is 28.0 Å². The molecule has 0 aliphatic heterocycles. The summed E-state index contributed by atoms with van der Waals surface area (Å²) >= 11 is -1.23. The summed E-state index contributed by atoms with van der Waals surface area (Å²) in [7, 11) is 0. The van der Waals surface area contributed by atoms with Gasteiger partial charge in [0.25, 0.3) is 0 Å². The molecule has 8 nitrogen and oxygen atoms in total. The molecule has 0 saturated heterocycles. The summed E-state index contributed by atoms with van der Waals surface area (Å²) in [5.41, 5.74) is 1.92. The van der Waals surface area contributed by atoms with Crippen LogP contribution in [0.2, 0.25) is 0 Å². The summed E-state index contributed by atoms with van der Waals surface area (Å²) in [6.07, 6.45) is 6.31. The maximum atomic E-state index is 14.8. The summed E-state index contributed by atoms with van der Waals surface area (Å²) < 4.78 is 36.8. The third-order valence-electron chi connectivity index (χ3n) is 5.12. The van der Waals surface area contributed by atoms with Gasteiger partial charge in [0.1, 0.15) is 23.6 Å². The highest BCUT2D eigenvalue weighted by Crippen LogP contribution is 2.31. The highest BCUT2D eigenvalue weighted by atomic mass is 32.2. The smallest absolute Gasteiger partial charge is 0.228 e. The van der Waals surface area contributed by atoms with Gasteiger partial charge < -0.3 is 14.6 Å². The van der Waals surface area contributed by atoms with Gasteiger partial charge in [-0.1, -0.05) is 6.07 Å². The number of ether oxygens (including phenoxy) is 1. The number of carbonyl (C=O) groups is 1. The van der Waals surface area contributed by atoms with E-state index in [9.17, 15) is 13.7 Å². The molecule has 4 rings (SSSR count). The number of hydrogen-bond donors (Lipinski definition) is 2. The van der Waals surface area contributed by atoms with Crippen molar-refractivity contribution >= 4 is 39.5 Å². The number of amides is 1. The monoisotopic (exact) mass is 495 g/mol. The summed E-state index contributed by atoms with van der Waals surface area (Å²) in [6.45, 7) is 6.01. The average Bonchev–Trinajstić information content (AvgIpc) is 3.25. The molecular formula is C25H26FN5O3S.